The van der Waals surface area contributed by atoms with Crippen molar-refractivity contribution in [3.63, 3.8) is 0 Å². The number of hydrogen-bond donors (Lipinski definition) is 2. The Morgan fingerprint density at radius 3 is 2.75 bits per heavy atom. The molecule has 1 aliphatic rings. The van der Waals surface area contributed by atoms with Crippen LogP contribution in [0.3, 0.4) is 0 Å². The van der Waals surface area contributed by atoms with Crippen LogP contribution in [0, 0.1) is 5.92 Å². The highest BCUT2D eigenvalue weighted by Gasteiger charge is 2.21. The van der Waals surface area contributed by atoms with E-state index < -0.39 is 0 Å². The molecule has 2 atom stereocenters. The highest BCUT2D eigenvalue weighted by Crippen LogP contribution is 2.15. The third-order valence-corrected chi connectivity index (χ3v) is 3.74. The van der Waals surface area contributed by atoms with Crippen LogP contribution in [0.2, 0.25) is 0 Å². The van der Waals surface area contributed by atoms with Gasteiger partial charge in [-0.3, -0.25) is 4.79 Å². The van der Waals surface area contributed by atoms with E-state index in [2.05, 4.69) is 31.4 Å². The molecule has 0 radical (unpaired) electrons. The van der Waals surface area contributed by atoms with Gasteiger partial charge in [-0.1, -0.05) is 26.7 Å². The number of amides is 1. The normalized spacial score (nSPS) is 24.0. The van der Waals surface area contributed by atoms with E-state index in [9.17, 15) is 4.79 Å². The number of carbonyl (C=O) groups excluding carboxylic acids is 1. The maximum Gasteiger partial charge on any atom is 0.221 e. The smallest absolute Gasteiger partial charge is 0.221 e. The fraction of sp³-hybridized carbons (Fsp3) is 0.923. The van der Waals surface area contributed by atoms with Gasteiger partial charge in [0.05, 0.1) is 0 Å². The second-order valence-electron chi connectivity index (χ2n) is 4.93. The summed E-state index contributed by atoms with van der Waals surface area (Å²) in [5.41, 5.74) is 0. The fourth-order valence-corrected chi connectivity index (χ4v) is 2.62. The Morgan fingerprint density at radius 1 is 1.44 bits per heavy atom. The lowest BCUT2D eigenvalue weighted by Gasteiger charge is -2.27. The van der Waals surface area contributed by atoms with Crippen molar-refractivity contribution >= 4 is 5.91 Å². The predicted octanol–water partition coefficient (Wildman–Crippen LogP) is 2.07. The third-order valence-electron chi connectivity index (χ3n) is 3.74. The van der Waals surface area contributed by atoms with Gasteiger partial charge in [-0.05, 0) is 25.7 Å². The molecular weight excluding hydrogens is 200 g/mol. The average Bonchev–Trinajstić information content (AvgIpc) is 2.44. The van der Waals surface area contributed by atoms with Crippen LogP contribution in [0.1, 0.15) is 52.9 Å². The van der Waals surface area contributed by atoms with E-state index in [1.165, 1.54) is 12.8 Å². The summed E-state index contributed by atoms with van der Waals surface area (Å²) in [7, 11) is 0. The number of carbonyl (C=O) groups is 1. The minimum Gasteiger partial charge on any atom is -0.356 e. The second kappa shape index (κ2) is 6.89. The Bertz CT molecular complexity index is 214. The molecule has 2 N–H and O–H groups in total. The number of hydrogen-bond acceptors (Lipinski definition) is 2. The largest absolute Gasteiger partial charge is 0.356 e. The summed E-state index contributed by atoms with van der Waals surface area (Å²) in [6, 6.07) is 0.893. The molecule has 1 saturated heterocycles. The minimum absolute atomic E-state index is 0.201. The van der Waals surface area contributed by atoms with Gasteiger partial charge in [-0.2, -0.15) is 0 Å². The van der Waals surface area contributed by atoms with Crippen LogP contribution in [0.5, 0.6) is 0 Å². The number of nitrogens with one attached hydrogen (secondary N) is 2. The fourth-order valence-electron chi connectivity index (χ4n) is 2.62. The molecule has 3 heteroatoms. The topological polar surface area (TPSA) is 41.1 Å². The SMILES string of the molecule is CCC(CC)C(C)NC1CCCNC(=O)C1. The van der Waals surface area contributed by atoms with Crippen molar-refractivity contribution in [2.75, 3.05) is 6.54 Å². The summed E-state index contributed by atoms with van der Waals surface area (Å²) in [5.74, 6) is 0.929. The zero-order chi connectivity index (χ0) is 12.0. The van der Waals surface area contributed by atoms with Crippen LogP contribution in [0.25, 0.3) is 0 Å². The van der Waals surface area contributed by atoms with Crippen LogP contribution in [0.4, 0.5) is 0 Å². The molecule has 0 aromatic rings. The molecule has 0 bridgehead atoms. The summed E-state index contributed by atoms with van der Waals surface area (Å²) in [4.78, 5) is 11.4. The van der Waals surface area contributed by atoms with E-state index >= 15 is 0 Å². The predicted molar refractivity (Wildman–Crippen MR) is 67.3 cm³/mol. The van der Waals surface area contributed by atoms with E-state index in [0.717, 1.165) is 25.3 Å². The first-order valence-corrected chi connectivity index (χ1v) is 6.70. The van der Waals surface area contributed by atoms with Crippen molar-refractivity contribution in [3.8, 4) is 0 Å². The Labute approximate surface area is 99.4 Å². The average molecular weight is 226 g/mol. The van der Waals surface area contributed by atoms with E-state index in [4.69, 9.17) is 0 Å². The quantitative estimate of drug-likeness (QED) is 0.753. The van der Waals surface area contributed by atoms with Crippen LogP contribution in [-0.2, 0) is 4.79 Å². The molecule has 0 aliphatic carbocycles. The van der Waals surface area contributed by atoms with E-state index in [1.807, 2.05) is 0 Å². The van der Waals surface area contributed by atoms with Crippen LogP contribution < -0.4 is 10.6 Å². The molecule has 94 valence electrons. The summed E-state index contributed by atoms with van der Waals surface area (Å²) in [6.45, 7) is 7.58. The first-order valence-electron chi connectivity index (χ1n) is 6.70. The molecule has 2 unspecified atom stereocenters. The molecule has 1 fully saturated rings. The highest BCUT2D eigenvalue weighted by molar-refractivity contribution is 5.76. The zero-order valence-electron chi connectivity index (χ0n) is 10.9. The van der Waals surface area contributed by atoms with Crippen molar-refractivity contribution in [3.05, 3.63) is 0 Å². The molecule has 0 aromatic heterocycles. The summed E-state index contributed by atoms with van der Waals surface area (Å²) >= 11 is 0. The Balaban J connectivity index is 2.41. The first-order chi connectivity index (χ1) is 7.67. The van der Waals surface area contributed by atoms with E-state index in [0.29, 0.717) is 18.5 Å². The lowest BCUT2D eigenvalue weighted by Crippen LogP contribution is -2.42. The van der Waals surface area contributed by atoms with Gasteiger partial charge >= 0.3 is 0 Å². The number of rotatable bonds is 5. The van der Waals surface area contributed by atoms with Gasteiger partial charge in [0.1, 0.15) is 0 Å². The molecular formula is C13H26N2O. The molecule has 1 aliphatic heterocycles. The standard InChI is InChI=1S/C13H26N2O/c1-4-11(5-2)10(3)15-12-7-6-8-14-13(16)9-12/h10-12,15H,4-9H2,1-3H3,(H,14,16). The van der Waals surface area contributed by atoms with Gasteiger partial charge in [-0.15, -0.1) is 0 Å². The summed E-state index contributed by atoms with van der Waals surface area (Å²) < 4.78 is 0. The molecule has 1 heterocycles. The molecule has 16 heavy (non-hydrogen) atoms. The van der Waals surface area contributed by atoms with Crippen LogP contribution >= 0.6 is 0 Å². The molecule has 3 nitrogen and oxygen atoms in total. The monoisotopic (exact) mass is 226 g/mol. The lowest BCUT2D eigenvalue weighted by atomic mass is 9.94. The first kappa shape index (κ1) is 13.5. The summed E-state index contributed by atoms with van der Waals surface area (Å²) in [6.07, 6.45) is 5.28. The van der Waals surface area contributed by atoms with Crippen molar-refractivity contribution in [2.45, 2.75) is 65.0 Å². The van der Waals surface area contributed by atoms with Gasteiger partial charge < -0.3 is 10.6 Å². The highest BCUT2D eigenvalue weighted by atomic mass is 16.1. The second-order valence-corrected chi connectivity index (χ2v) is 4.93. The molecule has 0 aromatic carbocycles. The van der Waals surface area contributed by atoms with Crippen molar-refractivity contribution in [1.82, 2.24) is 10.6 Å². The van der Waals surface area contributed by atoms with Gasteiger partial charge in [0.25, 0.3) is 0 Å². The van der Waals surface area contributed by atoms with Gasteiger partial charge in [0.2, 0.25) is 5.91 Å². The molecule has 0 saturated carbocycles. The van der Waals surface area contributed by atoms with Crippen LogP contribution in [-0.4, -0.2) is 24.5 Å². The van der Waals surface area contributed by atoms with Crippen LogP contribution in [0.15, 0.2) is 0 Å². The Kier molecular flexibility index (Phi) is 5.81. The van der Waals surface area contributed by atoms with Gasteiger partial charge in [0.15, 0.2) is 0 Å². The summed E-state index contributed by atoms with van der Waals surface area (Å²) in [5, 5.41) is 6.56. The van der Waals surface area contributed by atoms with Crippen molar-refractivity contribution in [2.24, 2.45) is 5.92 Å². The van der Waals surface area contributed by atoms with Crippen molar-refractivity contribution in [1.29, 1.82) is 0 Å². The van der Waals surface area contributed by atoms with Crippen molar-refractivity contribution < 1.29 is 4.79 Å². The lowest BCUT2D eigenvalue weighted by molar-refractivity contribution is -0.121. The zero-order valence-corrected chi connectivity index (χ0v) is 10.9. The molecule has 1 amide bonds. The Hall–Kier alpha value is -0.570. The molecule has 0 spiro atoms. The maximum absolute atomic E-state index is 11.4. The van der Waals surface area contributed by atoms with E-state index in [1.54, 1.807) is 0 Å². The van der Waals surface area contributed by atoms with E-state index in [-0.39, 0.29) is 5.91 Å². The molecule has 1 rings (SSSR count). The van der Waals surface area contributed by atoms with Gasteiger partial charge in [-0.25, -0.2) is 0 Å². The van der Waals surface area contributed by atoms with Gasteiger partial charge in [0, 0.05) is 25.0 Å². The Morgan fingerprint density at radius 2 is 2.12 bits per heavy atom. The maximum atomic E-state index is 11.4. The minimum atomic E-state index is 0.201. The third kappa shape index (κ3) is 4.12.